The van der Waals surface area contributed by atoms with Crippen LogP contribution in [0.5, 0.6) is 0 Å². The molecule has 0 radical (unpaired) electrons. The van der Waals surface area contributed by atoms with Crippen molar-refractivity contribution < 1.29 is 29.3 Å². The first-order valence-corrected chi connectivity index (χ1v) is 9.82. The Morgan fingerprint density at radius 2 is 2.04 bits per heavy atom. The van der Waals surface area contributed by atoms with Crippen LogP contribution in [0.3, 0.4) is 0 Å². The monoisotopic (exact) mass is 392 g/mol. The number of aliphatic hydroxyl groups excluding tert-OH is 1. The highest BCUT2D eigenvalue weighted by Crippen LogP contribution is 2.34. The van der Waals surface area contributed by atoms with Gasteiger partial charge in [-0.15, -0.1) is 0 Å². The molecule has 6 nitrogen and oxygen atoms in total. The van der Waals surface area contributed by atoms with E-state index in [-0.39, 0.29) is 5.92 Å². The normalized spacial score (nSPS) is 38.9. The van der Waals surface area contributed by atoms with Crippen LogP contribution in [0.4, 0.5) is 0 Å². The third-order valence-corrected chi connectivity index (χ3v) is 5.74. The predicted octanol–water partition coefficient (Wildman–Crippen LogP) is 2.98. The third-order valence-electron chi connectivity index (χ3n) is 5.74. The van der Waals surface area contributed by atoms with E-state index < -0.39 is 35.9 Å². The second-order valence-electron chi connectivity index (χ2n) is 8.25. The smallest absolute Gasteiger partial charge is 0.334 e. The van der Waals surface area contributed by atoms with Gasteiger partial charge in [0, 0.05) is 18.4 Å². The molecular weight excluding hydrogens is 360 g/mol. The number of hydrogen-bond acceptors (Lipinski definition) is 6. The first kappa shape index (κ1) is 22.4. The number of allylic oxidation sites excluding steroid dienone is 2. The zero-order valence-corrected chi connectivity index (χ0v) is 17.2. The van der Waals surface area contributed by atoms with E-state index in [2.05, 4.69) is 6.58 Å². The van der Waals surface area contributed by atoms with Crippen molar-refractivity contribution in [2.24, 2.45) is 5.92 Å². The van der Waals surface area contributed by atoms with Crippen LogP contribution in [0, 0.1) is 5.92 Å². The van der Waals surface area contributed by atoms with Gasteiger partial charge >= 0.3 is 11.9 Å². The Hall–Kier alpha value is -1.92. The minimum absolute atomic E-state index is 0.167. The molecular formula is C22H32O6. The molecule has 1 heterocycles. The lowest BCUT2D eigenvalue weighted by atomic mass is 9.85. The molecule has 1 saturated heterocycles. The molecule has 2 rings (SSSR count). The molecule has 1 aliphatic carbocycles. The summed E-state index contributed by atoms with van der Waals surface area (Å²) >= 11 is 0. The molecule has 6 heteroatoms. The third kappa shape index (κ3) is 5.55. The van der Waals surface area contributed by atoms with Crippen LogP contribution >= 0.6 is 0 Å². The second-order valence-corrected chi connectivity index (χ2v) is 8.25. The highest BCUT2D eigenvalue weighted by atomic mass is 16.6. The molecule has 0 amide bonds. The number of rotatable bonds is 1. The minimum atomic E-state index is -1.26. The summed E-state index contributed by atoms with van der Waals surface area (Å²) in [6.07, 6.45) is 4.19. The van der Waals surface area contributed by atoms with Crippen LogP contribution in [-0.4, -0.2) is 46.1 Å². The topological polar surface area (TPSA) is 93.1 Å². The van der Waals surface area contributed by atoms with Gasteiger partial charge in [0.25, 0.3) is 0 Å². The van der Waals surface area contributed by atoms with Crippen molar-refractivity contribution >= 4 is 11.9 Å². The summed E-state index contributed by atoms with van der Waals surface area (Å²) in [5.41, 5.74) is 0.945. The van der Waals surface area contributed by atoms with E-state index >= 15 is 0 Å². The van der Waals surface area contributed by atoms with Crippen LogP contribution in [0.1, 0.15) is 59.8 Å². The molecule has 156 valence electrons. The number of fused-ring (bicyclic) bond motifs is 1. The number of carbonyl (C=O) groups excluding carboxylic acids is 2. The maximum atomic E-state index is 12.0. The molecule has 1 fully saturated rings. The molecule has 2 aliphatic rings. The Kier molecular flexibility index (Phi) is 7.23. The van der Waals surface area contributed by atoms with Crippen LogP contribution in [0.25, 0.3) is 0 Å². The van der Waals surface area contributed by atoms with Gasteiger partial charge in [0.2, 0.25) is 0 Å². The van der Waals surface area contributed by atoms with E-state index in [9.17, 15) is 19.8 Å². The van der Waals surface area contributed by atoms with Crippen LogP contribution in [0.15, 0.2) is 35.5 Å². The molecule has 0 saturated carbocycles. The number of carbonyl (C=O) groups is 2. The fraction of sp³-hybridized carbons (Fsp3) is 0.636. The molecule has 0 bridgehead atoms. The summed E-state index contributed by atoms with van der Waals surface area (Å²) in [5, 5.41) is 21.4. The molecule has 0 aromatic heterocycles. The quantitative estimate of drug-likeness (QED) is 0.405. The minimum Gasteiger partial charge on any atom is -0.459 e. The van der Waals surface area contributed by atoms with E-state index in [4.69, 9.17) is 9.47 Å². The van der Waals surface area contributed by atoms with Gasteiger partial charge in [-0.05, 0) is 64.5 Å². The van der Waals surface area contributed by atoms with Crippen molar-refractivity contribution in [2.75, 3.05) is 0 Å². The predicted molar refractivity (Wildman–Crippen MR) is 105 cm³/mol. The number of aliphatic hydroxyl groups is 2. The van der Waals surface area contributed by atoms with E-state index in [0.29, 0.717) is 37.7 Å². The largest absolute Gasteiger partial charge is 0.459 e. The van der Waals surface area contributed by atoms with Gasteiger partial charge in [0.15, 0.2) is 0 Å². The van der Waals surface area contributed by atoms with Gasteiger partial charge in [-0.25, -0.2) is 4.79 Å². The van der Waals surface area contributed by atoms with Crippen molar-refractivity contribution in [3.8, 4) is 0 Å². The van der Waals surface area contributed by atoms with E-state index in [1.54, 1.807) is 6.92 Å². The van der Waals surface area contributed by atoms with Crippen LogP contribution in [0.2, 0.25) is 0 Å². The average Bonchev–Trinajstić information content (AvgIpc) is 2.86. The average molecular weight is 392 g/mol. The Morgan fingerprint density at radius 1 is 1.36 bits per heavy atom. The zero-order valence-electron chi connectivity index (χ0n) is 17.2. The van der Waals surface area contributed by atoms with Gasteiger partial charge in [-0.1, -0.05) is 18.2 Å². The first-order valence-electron chi connectivity index (χ1n) is 9.82. The van der Waals surface area contributed by atoms with Gasteiger partial charge in [-0.2, -0.15) is 0 Å². The molecule has 28 heavy (non-hydrogen) atoms. The summed E-state index contributed by atoms with van der Waals surface area (Å²) in [4.78, 5) is 23.5. The van der Waals surface area contributed by atoms with E-state index in [1.807, 2.05) is 26.0 Å². The number of esters is 2. The first-order chi connectivity index (χ1) is 13.0. The van der Waals surface area contributed by atoms with Gasteiger partial charge in [-0.3, -0.25) is 4.79 Å². The summed E-state index contributed by atoms with van der Waals surface area (Å²) in [5.74, 6) is -1.01. The zero-order chi connectivity index (χ0) is 21.1. The fourth-order valence-corrected chi connectivity index (χ4v) is 3.74. The maximum absolute atomic E-state index is 12.0. The molecule has 1 unspecified atom stereocenters. The van der Waals surface area contributed by atoms with Gasteiger partial charge < -0.3 is 19.7 Å². The highest BCUT2D eigenvalue weighted by molar-refractivity contribution is 5.91. The number of hydrogen-bond donors (Lipinski definition) is 2. The maximum Gasteiger partial charge on any atom is 0.334 e. The lowest BCUT2D eigenvalue weighted by Crippen LogP contribution is -2.43. The Bertz CT molecular complexity index is 687. The Labute approximate surface area is 166 Å². The second kappa shape index (κ2) is 9.05. The molecule has 2 N–H and O–H groups in total. The summed E-state index contributed by atoms with van der Waals surface area (Å²) in [6.45, 7) is 10.6. The van der Waals surface area contributed by atoms with Crippen LogP contribution < -0.4 is 0 Å². The van der Waals surface area contributed by atoms with Crippen molar-refractivity contribution in [1.82, 2.24) is 0 Å². The van der Waals surface area contributed by atoms with E-state index in [1.165, 1.54) is 6.92 Å². The molecule has 0 spiro atoms. The molecule has 5 atom stereocenters. The molecule has 0 aromatic carbocycles. The van der Waals surface area contributed by atoms with Crippen LogP contribution in [-0.2, 0) is 19.1 Å². The highest BCUT2D eigenvalue weighted by Gasteiger charge is 2.38. The van der Waals surface area contributed by atoms with Gasteiger partial charge in [0.05, 0.1) is 11.7 Å². The molecule has 1 aliphatic heterocycles. The van der Waals surface area contributed by atoms with Crippen molar-refractivity contribution in [3.05, 3.63) is 35.5 Å². The Morgan fingerprint density at radius 3 is 2.68 bits per heavy atom. The molecule has 0 aromatic rings. The lowest BCUT2D eigenvalue weighted by Gasteiger charge is -2.33. The summed E-state index contributed by atoms with van der Waals surface area (Å²) in [7, 11) is 0. The summed E-state index contributed by atoms with van der Waals surface area (Å²) < 4.78 is 10.8. The Balaban J connectivity index is 2.33. The fourth-order valence-electron chi connectivity index (χ4n) is 3.74. The standard InChI is InChI=1S/C22H32O6/c1-13-6-9-20(27-16(4)23)22(5,26)11-10-18(24)14(2)7-8-17-15(3)21(25)28-19(17)12-13/h7,12,17-20,24,26H,3,6,8-11H2,1-2,4-5H3/b13-12+,14-7-/t17-,18-,19-,20?,22+/m0/s1. The summed E-state index contributed by atoms with van der Waals surface area (Å²) in [6, 6.07) is 0. The van der Waals surface area contributed by atoms with E-state index in [0.717, 1.165) is 11.1 Å². The van der Waals surface area contributed by atoms with Crippen molar-refractivity contribution in [1.29, 1.82) is 0 Å². The lowest BCUT2D eigenvalue weighted by molar-refractivity contribution is -0.163. The van der Waals surface area contributed by atoms with Crippen molar-refractivity contribution in [2.45, 2.75) is 83.7 Å². The SMILES string of the molecule is C=C1C(=O)O[C@H]2/C=C(\C)CCC(OC(C)=O)[C@](C)(O)CC[C@H](O)/C(C)=C\C[C@@H]12. The number of ether oxygens (including phenoxy) is 2. The van der Waals surface area contributed by atoms with Gasteiger partial charge in [0.1, 0.15) is 12.2 Å². The van der Waals surface area contributed by atoms with Crippen molar-refractivity contribution in [3.63, 3.8) is 0 Å².